The molecule has 78 valence electrons. The van der Waals surface area contributed by atoms with E-state index in [2.05, 4.69) is 0 Å². The lowest BCUT2D eigenvalue weighted by atomic mass is 9.83. The van der Waals surface area contributed by atoms with Crippen molar-refractivity contribution in [1.82, 2.24) is 0 Å². The Hall–Kier alpha value is -0.390. The molecule has 0 radical (unpaired) electrons. The molecule has 1 fully saturated rings. The highest BCUT2D eigenvalue weighted by Gasteiger charge is 2.50. The van der Waals surface area contributed by atoms with Gasteiger partial charge in [-0.2, -0.15) is 13.2 Å². The molecule has 1 aliphatic rings. The lowest BCUT2D eigenvalue weighted by Gasteiger charge is -2.33. The van der Waals surface area contributed by atoms with Gasteiger partial charge in [-0.15, -0.1) is 0 Å². The summed E-state index contributed by atoms with van der Waals surface area (Å²) in [6, 6.07) is -1.05. The summed E-state index contributed by atoms with van der Waals surface area (Å²) in [7, 11) is 0. The molecule has 2 unspecified atom stereocenters. The van der Waals surface area contributed by atoms with Crippen LogP contribution >= 0.6 is 0 Å². The van der Waals surface area contributed by atoms with Crippen LogP contribution < -0.4 is 5.73 Å². The topological polar surface area (TPSA) is 26.0 Å². The first-order valence-electron chi connectivity index (χ1n) is 3.91. The zero-order valence-electron chi connectivity index (χ0n) is 6.74. The quantitative estimate of drug-likeness (QED) is 0.600. The number of halogens is 5. The van der Waals surface area contributed by atoms with Gasteiger partial charge in [0.05, 0.1) is 5.92 Å². The van der Waals surface area contributed by atoms with E-state index in [9.17, 15) is 22.0 Å². The summed E-state index contributed by atoms with van der Waals surface area (Å²) in [4.78, 5) is 0. The minimum absolute atomic E-state index is 0.390. The fourth-order valence-corrected chi connectivity index (χ4v) is 1.61. The average Bonchev–Trinajstić information content (AvgIpc) is 1.79. The lowest BCUT2D eigenvalue weighted by Crippen LogP contribution is -2.44. The zero-order chi connectivity index (χ0) is 10.3. The molecule has 2 N–H and O–H groups in total. The molecule has 1 aliphatic carbocycles. The van der Waals surface area contributed by atoms with E-state index < -0.39 is 36.9 Å². The van der Waals surface area contributed by atoms with Crippen LogP contribution in [0.25, 0.3) is 0 Å². The van der Waals surface area contributed by atoms with E-state index in [4.69, 9.17) is 5.73 Å². The van der Waals surface area contributed by atoms with Crippen molar-refractivity contribution in [3.05, 3.63) is 0 Å². The van der Waals surface area contributed by atoms with Crippen molar-refractivity contribution in [2.75, 3.05) is 0 Å². The monoisotopic (exact) mass is 203 g/mol. The van der Waals surface area contributed by atoms with Crippen LogP contribution in [0.1, 0.15) is 19.3 Å². The Bertz CT molecular complexity index is 188. The van der Waals surface area contributed by atoms with E-state index >= 15 is 0 Å². The van der Waals surface area contributed by atoms with E-state index in [0.29, 0.717) is 0 Å². The molecule has 0 saturated heterocycles. The second-order valence-corrected chi connectivity index (χ2v) is 3.50. The van der Waals surface area contributed by atoms with Crippen molar-refractivity contribution in [3.8, 4) is 0 Å². The van der Waals surface area contributed by atoms with Crippen molar-refractivity contribution in [3.63, 3.8) is 0 Å². The van der Waals surface area contributed by atoms with Gasteiger partial charge < -0.3 is 5.73 Å². The predicted molar refractivity (Wildman–Crippen MR) is 36.3 cm³/mol. The van der Waals surface area contributed by atoms with Gasteiger partial charge in [-0.05, 0) is 6.42 Å². The maximum Gasteiger partial charge on any atom is 0.392 e. The standard InChI is InChI=1S/C7H10F5N/c8-6(9)2-4(7(10,11)12)1-5(13)3-6/h4-5H,1-3,13H2. The van der Waals surface area contributed by atoms with Crippen molar-refractivity contribution < 1.29 is 22.0 Å². The summed E-state index contributed by atoms with van der Waals surface area (Å²) >= 11 is 0. The molecule has 0 amide bonds. The molecule has 2 atom stereocenters. The first-order chi connectivity index (χ1) is 5.71. The van der Waals surface area contributed by atoms with Crippen molar-refractivity contribution >= 4 is 0 Å². The lowest BCUT2D eigenvalue weighted by molar-refractivity contribution is -0.208. The van der Waals surface area contributed by atoms with Gasteiger partial charge in [0.2, 0.25) is 5.92 Å². The van der Waals surface area contributed by atoms with Crippen molar-refractivity contribution in [2.24, 2.45) is 11.7 Å². The Kier molecular flexibility index (Phi) is 2.53. The molecule has 6 heteroatoms. The molecule has 0 aromatic carbocycles. The molecule has 1 saturated carbocycles. The van der Waals surface area contributed by atoms with Gasteiger partial charge in [-0.3, -0.25) is 0 Å². The second-order valence-electron chi connectivity index (χ2n) is 3.50. The Morgan fingerprint density at radius 2 is 1.69 bits per heavy atom. The van der Waals surface area contributed by atoms with E-state index in [-0.39, 0.29) is 6.42 Å². The molecule has 0 bridgehead atoms. The van der Waals surface area contributed by atoms with Crippen LogP contribution in [0, 0.1) is 5.92 Å². The fourth-order valence-electron chi connectivity index (χ4n) is 1.61. The van der Waals surface area contributed by atoms with Gasteiger partial charge in [-0.1, -0.05) is 0 Å². The van der Waals surface area contributed by atoms with Crippen LogP contribution in [-0.4, -0.2) is 18.1 Å². The third-order valence-electron chi connectivity index (χ3n) is 2.16. The largest absolute Gasteiger partial charge is 0.392 e. The second kappa shape index (κ2) is 3.08. The molecular formula is C7H10F5N. The summed E-state index contributed by atoms with van der Waals surface area (Å²) in [6.45, 7) is 0. The predicted octanol–water partition coefficient (Wildman–Crippen LogP) is 2.31. The molecule has 13 heavy (non-hydrogen) atoms. The van der Waals surface area contributed by atoms with Crippen LogP contribution in [0.2, 0.25) is 0 Å². The summed E-state index contributed by atoms with van der Waals surface area (Å²) in [6.07, 6.45) is -6.70. The maximum absolute atomic E-state index is 12.7. The highest BCUT2D eigenvalue weighted by atomic mass is 19.4. The van der Waals surface area contributed by atoms with Crippen LogP contribution in [0.3, 0.4) is 0 Å². The number of hydrogen-bond acceptors (Lipinski definition) is 1. The fraction of sp³-hybridized carbons (Fsp3) is 1.00. The Morgan fingerprint density at radius 1 is 1.15 bits per heavy atom. The molecule has 0 heterocycles. The molecular weight excluding hydrogens is 193 g/mol. The number of nitrogens with two attached hydrogens (primary N) is 1. The first-order valence-corrected chi connectivity index (χ1v) is 3.91. The first kappa shape index (κ1) is 10.7. The molecule has 0 spiro atoms. The molecule has 0 aromatic rings. The smallest absolute Gasteiger partial charge is 0.327 e. The van der Waals surface area contributed by atoms with Gasteiger partial charge >= 0.3 is 6.18 Å². The normalized spacial score (nSPS) is 34.6. The third kappa shape index (κ3) is 2.79. The van der Waals surface area contributed by atoms with Crippen molar-refractivity contribution in [1.29, 1.82) is 0 Å². The summed E-state index contributed by atoms with van der Waals surface area (Å²) in [5.41, 5.74) is 5.12. The highest BCUT2D eigenvalue weighted by molar-refractivity contribution is 4.88. The molecule has 1 nitrogen and oxygen atoms in total. The average molecular weight is 203 g/mol. The Labute approximate surface area is 72.1 Å². The third-order valence-corrected chi connectivity index (χ3v) is 2.16. The number of alkyl halides is 5. The van der Waals surface area contributed by atoms with Crippen molar-refractivity contribution in [2.45, 2.75) is 37.4 Å². The SMILES string of the molecule is NC1CC(C(F)(F)F)CC(F)(F)C1. The number of hydrogen-bond donors (Lipinski definition) is 1. The summed E-state index contributed by atoms with van der Waals surface area (Å²) in [5.74, 6) is -5.22. The minimum Gasteiger partial charge on any atom is -0.327 e. The maximum atomic E-state index is 12.7. The highest BCUT2D eigenvalue weighted by Crippen LogP contribution is 2.43. The van der Waals surface area contributed by atoms with Crippen LogP contribution in [0.4, 0.5) is 22.0 Å². The van der Waals surface area contributed by atoms with E-state index in [0.717, 1.165) is 0 Å². The molecule has 0 aliphatic heterocycles. The minimum atomic E-state index is -4.55. The van der Waals surface area contributed by atoms with Crippen LogP contribution in [0.15, 0.2) is 0 Å². The van der Waals surface area contributed by atoms with Gasteiger partial charge in [0.25, 0.3) is 0 Å². The zero-order valence-corrected chi connectivity index (χ0v) is 6.74. The Balaban J connectivity index is 2.69. The van der Waals surface area contributed by atoms with E-state index in [1.54, 1.807) is 0 Å². The van der Waals surface area contributed by atoms with E-state index in [1.165, 1.54) is 0 Å². The number of rotatable bonds is 0. The van der Waals surface area contributed by atoms with Crippen LogP contribution in [0.5, 0.6) is 0 Å². The Morgan fingerprint density at radius 3 is 2.08 bits per heavy atom. The van der Waals surface area contributed by atoms with Gasteiger partial charge in [0.15, 0.2) is 0 Å². The van der Waals surface area contributed by atoms with Crippen LogP contribution in [-0.2, 0) is 0 Å². The summed E-state index contributed by atoms with van der Waals surface area (Å²) in [5, 5.41) is 0. The van der Waals surface area contributed by atoms with Gasteiger partial charge in [0.1, 0.15) is 0 Å². The van der Waals surface area contributed by atoms with Gasteiger partial charge in [0, 0.05) is 18.9 Å². The molecule has 0 aromatic heterocycles. The van der Waals surface area contributed by atoms with Gasteiger partial charge in [-0.25, -0.2) is 8.78 Å². The van der Waals surface area contributed by atoms with E-state index in [1.807, 2.05) is 0 Å². The molecule has 1 rings (SSSR count). The summed E-state index contributed by atoms with van der Waals surface area (Å²) < 4.78 is 61.5.